The minimum Gasteiger partial charge on any atom is -0.461 e. The lowest BCUT2D eigenvalue weighted by Crippen LogP contribution is -2.42. The first-order chi connectivity index (χ1) is 9.28. The van der Waals surface area contributed by atoms with Crippen molar-refractivity contribution in [3.05, 3.63) is 22.5 Å². The summed E-state index contributed by atoms with van der Waals surface area (Å²) < 4.78 is 6.89. The van der Waals surface area contributed by atoms with E-state index < -0.39 is 0 Å². The summed E-state index contributed by atoms with van der Waals surface area (Å²) in [5.74, 6) is -0.460. The predicted octanol–water partition coefficient (Wildman–Crippen LogP) is 1.96. The van der Waals surface area contributed by atoms with Gasteiger partial charge in [-0.2, -0.15) is 0 Å². The third-order valence-electron chi connectivity index (χ3n) is 3.94. The van der Waals surface area contributed by atoms with Gasteiger partial charge in [-0.15, -0.1) is 0 Å². The van der Waals surface area contributed by atoms with Crippen LogP contribution in [0.25, 0.3) is 0 Å². The number of nitrogens with zero attached hydrogens (tertiary/aromatic N) is 1. The molecule has 0 atom stereocenters. The van der Waals surface area contributed by atoms with Gasteiger partial charge in [0.1, 0.15) is 5.69 Å². The molecule has 5 heteroatoms. The van der Waals surface area contributed by atoms with Gasteiger partial charge < -0.3 is 14.6 Å². The summed E-state index contributed by atoms with van der Waals surface area (Å²) in [4.78, 5) is 24.6. The van der Waals surface area contributed by atoms with Crippen LogP contribution in [0.2, 0.25) is 0 Å². The molecular weight excluding hydrogens is 256 g/mol. The molecule has 0 unspecified atom stereocenters. The number of esters is 1. The summed E-state index contributed by atoms with van der Waals surface area (Å²) in [6.45, 7) is 7.96. The first-order valence-corrected chi connectivity index (χ1v) is 6.96. The molecule has 5 nitrogen and oxygen atoms in total. The lowest BCUT2D eigenvalue weighted by atomic mass is 9.96. The second kappa shape index (κ2) is 4.96. The van der Waals surface area contributed by atoms with E-state index in [1.54, 1.807) is 18.5 Å². The molecule has 0 fully saturated rings. The molecule has 110 valence electrons. The van der Waals surface area contributed by atoms with Gasteiger partial charge in [0.15, 0.2) is 0 Å². The maximum Gasteiger partial charge on any atom is 0.355 e. The van der Waals surface area contributed by atoms with Crippen molar-refractivity contribution >= 4 is 11.9 Å². The monoisotopic (exact) mass is 278 g/mol. The van der Waals surface area contributed by atoms with Crippen molar-refractivity contribution < 1.29 is 14.3 Å². The van der Waals surface area contributed by atoms with Gasteiger partial charge in [0.05, 0.1) is 12.2 Å². The van der Waals surface area contributed by atoms with Gasteiger partial charge in [-0.3, -0.25) is 4.79 Å². The van der Waals surface area contributed by atoms with Crippen LogP contribution in [0.3, 0.4) is 0 Å². The smallest absolute Gasteiger partial charge is 0.355 e. The predicted molar refractivity (Wildman–Crippen MR) is 76.0 cm³/mol. The van der Waals surface area contributed by atoms with Crippen LogP contribution in [0, 0.1) is 6.92 Å². The number of hydrogen-bond donors (Lipinski definition) is 1. The summed E-state index contributed by atoms with van der Waals surface area (Å²) in [6.07, 6.45) is 1.48. The van der Waals surface area contributed by atoms with Crippen LogP contribution in [0.5, 0.6) is 0 Å². The maximum atomic E-state index is 12.4. The molecule has 1 aliphatic heterocycles. The lowest BCUT2D eigenvalue weighted by Gasteiger charge is -2.23. The molecule has 0 aromatic carbocycles. The Bertz CT molecular complexity index is 570. The third kappa shape index (κ3) is 2.32. The van der Waals surface area contributed by atoms with E-state index in [0.29, 0.717) is 24.3 Å². The highest BCUT2D eigenvalue weighted by molar-refractivity contribution is 6.02. The number of carbonyl (C=O) groups excluding carboxylic acids is 2. The summed E-state index contributed by atoms with van der Waals surface area (Å²) in [5.41, 5.74) is 2.48. The average Bonchev–Trinajstić information content (AvgIpc) is 2.51. The van der Waals surface area contributed by atoms with Crippen LogP contribution in [0.1, 0.15) is 59.3 Å². The zero-order chi connectivity index (χ0) is 15.1. The van der Waals surface area contributed by atoms with Gasteiger partial charge in [0, 0.05) is 18.3 Å². The van der Waals surface area contributed by atoms with Crippen molar-refractivity contribution in [1.29, 1.82) is 0 Å². The second-order valence-corrected chi connectivity index (χ2v) is 5.91. The minimum absolute atomic E-state index is 0.105. The average molecular weight is 278 g/mol. The summed E-state index contributed by atoms with van der Waals surface area (Å²) in [6, 6.07) is 0. The molecule has 0 saturated heterocycles. The van der Waals surface area contributed by atoms with Crippen molar-refractivity contribution in [3.8, 4) is 0 Å². The van der Waals surface area contributed by atoms with Crippen molar-refractivity contribution in [2.24, 2.45) is 7.05 Å². The Morgan fingerprint density at radius 2 is 2.10 bits per heavy atom. The van der Waals surface area contributed by atoms with Gasteiger partial charge in [0.25, 0.3) is 5.91 Å². The van der Waals surface area contributed by atoms with Crippen molar-refractivity contribution in [3.63, 3.8) is 0 Å². The number of carbonyl (C=O) groups is 2. The molecule has 1 aromatic heterocycles. The summed E-state index contributed by atoms with van der Waals surface area (Å²) >= 11 is 0. The summed E-state index contributed by atoms with van der Waals surface area (Å²) in [7, 11) is 1.80. The fraction of sp³-hybridized carbons (Fsp3) is 0.600. The van der Waals surface area contributed by atoms with E-state index in [1.807, 2.05) is 20.8 Å². The number of rotatable bonds is 2. The van der Waals surface area contributed by atoms with Gasteiger partial charge in [-0.05, 0) is 46.1 Å². The van der Waals surface area contributed by atoms with Gasteiger partial charge in [-0.25, -0.2) is 4.79 Å². The molecule has 20 heavy (non-hydrogen) atoms. The van der Waals surface area contributed by atoms with Crippen LogP contribution in [0.4, 0.5) is 0 Å². The summed E-state index contributed by atoms with van der Waals surface area (Å²) in [5, 5.41) is 3.02. The second-order valence-electron chi connectivity index (χ2n) is 5.91. The molecule has 1 N–H and O–H groups in total. The number of hydrogen-bond acceptors (Lipinski definition) is 3. The molecule has 0 bridgehead atoms. The molecule has 1 aromatic rings. The number of ether oxygens (including phenoxy) is 1. The standard InChI is InChI=1S/C15H22N2O3/c1-6-20-14(19)12-10-7-8-15(3,4)16-13(18)11(10)9(2)17(12)5/h6-8H2,1-5H3,(H,16,18). The van der Waals surface area contributed by atoms with E-state index in [-0.39, 0.29) is 17.4 Å². The quantitative estimate of drug-likeness (QED) is 0.841. The van der Waals surface area contributed by atoms with Gasteiger partial charge >= 0.3 is 5.97 Å². The maximum absolute atomic E-state index is 12.4. The van der Waals surface area contributed by atoms with Crippen molar-refractivity contribution in [2.75, 3.05) is 6.61 Å². The number of amides is 1. The molecule has 1 aliphatic rings. The first kappa shape index (κ1) is 14.6. The van der Waals surface area contributed by atoms with Crippen LogP contribution < -0.4 is 5.32 Å². The van der Waals surface area contributed by atoms with E-state index in [0.717, 1.165) is 17.7 Å². The number of fused-ring (bicyclic) bond motifs is 1. The SMILES string of the molecule is CCOC(=O)c1c2c(c(C)n1C)C(=O)NC(C)(C)CC2. The minimum atomic E-state index is -0.355. The molecule has 0 radical (unpaired) electrons. The van der Waals surface area contributed by atoms with Crippen LogP contribution >= 0.6 is 0 Å². The first-order valence-electron chi connectivity index (χ1n) is 6.96. The zero-order valence-electron chi connectivity index (χ0n) is 12.8. The molecule has 0 saturated carbocycles. The molecular formula is C15H22N2O3. The van der Waals surface area contributed by atoms with E-state index in [1.165, 1.54) is 0 Å². The Balaban J connectivity index is 2.57. The Hall–Kier alpha value is -1.78. The number of aromatic nitrogens is 1. The Morgan fingerprint density at radius 1 is 1.45 bits per heavy atom. The molecule has 2 heterocycles. The van der Waals surface area contributed by atoms with Gasteiger partial charge in [0.2, 0.25) is 0 Å². The van der Waals surface area contributed by atoms with Gasteiger partial charge in [-0.1, -0.05) is 0 Å². The highest BCUT2D eigenvalue weighted by Gasteiger charge is 2.34. The van der Waals surface area contributed by atoms with E-state index >= 15 is 0 Å². The number of nitrogens with one attached hydrogen (secondary N) is 1. The Labute approximate surface area is 119 Å². The fourth-order valence-corrected chi connectivity index (χ4v) is 2.75. The van der Waals surface area contributed by atoms with E-state index in [9.17, 15) is 9.59 Å². The zero-order valence-corrected chi connectivity index (χ0v) is 12.8. The fourth-order valence-electron chi connectivity index (χ4n) is 2.75. The molecule has 0 spiro atoms. The normalized spacial score (nSPS) is 17.1. The molecule has 1 amide bonds. The Morgan fingerprint density at radius 3 is 2.70 bits per heavy atom. The van der Waals surface area contributed by atoms with Crippen molar-refractivity contribution in [1.82, 2.24) is 9.88 Å². The van der Waals surface area contributed by atoms with Crippen molar-refractivity contribution in [2.45, 2.75) is 46.1 Å². The molecule has 2 rings (SSSR count). The Kier molecular flexibility index (Phi) is 3.63. The molecule has 0 aliphatic carbocycles. The van der Waals surface area contributed by atoms with Crippen LogP contribution in [0.15, 0.2) is 0 Å². The lowest BCUT2D eigenvalue weighted by molar-refractivity contribution is 0.0513. The largest absolute Gasteiger partial charge is 0.461 e. The third-order valence-corrected chi connectivity index (χ3v) is 3.94. The van der Waals surface area contributed by atoms with E-state index in [4.69, 9.17) is 4.74 Å². The highest BCUT2D eigenvalue weighted by atomic mass is 16.5. The van der Waals surface area contributed by atoms with Crippen LogP contribution in [-0.4, -0.2) is 28.6 Å². The van der Waals surface area contributed by atoms with E-state index in [2.05, 4.69) is 5.32 Å². The van der Waals surface area contributed by atoms with Crippen LogP contribution in [-0.2, 0) is 18.2 Å². The highest BCUT2D eigenvalue weighted by Crippen LogP contribution is 2.29. The topological polar surface area (TPSA) is 60.3 Å².